The second-order valence-electron chi connectivity index (χ2n) is 5.26. The molecule has 1 N–H and O–H groups in total. The Morgan fingerprint density at radius 1 is 1.00 bits per heavy atom. The molecule has 0 spiro atoms. The van der Waals surface area contributed by atoms with Crippen LogP contribution in [0.4, 0.5) is 8.78 Å². The van der Waals surface area contributed by atoms with Crippen molar-refractivity contribution in [3.8, 4) is 0 Å². The second kappa shape index (κ2) is 6.19. The van der Waals surface area contributed by atoms with E-state index in [-0.39, 0.29) is 17.7 Å². The zero-order valence-corrected chi connectivity index (χ0v) is 12.4. The predicted molar refractivity (Wildman–Crippen MR) is 80.0 cm³/mol. The molecule has 2 aromatic carbocycles. The van der Waals surface area contributed by atoms with Crippen LogP contribution in [0.3, 0.4) is 0 Å². The first kappa shape index (κ1) is 15.8. The van der Waals surface area contributed by atoms with Gasteiger partial charge in [-0.2, -0.15) is 0 Å². The van der Waals surface area contributed by atoms with Gasteiger partial charge in [-0.3, -0.25) is 19.3 Å². The van der Waals surface area contributed by atoms with Crippen LogP contribution in [-0.2, 0) is 11.3 Å². The number of rotatable bonds is 4. The number of carbonyl (C=O) groups is 3. The summed E-state index contributed by atoms with van der Waals surface area (Å²) in [7, 11) is 0. The molecule has 5 nitrogen and oxygen atoms in total. The summed E-state index contributed by atoms with van der Waals surface area (Å²) in [6.07, 6.45) is 0. The highest BCUT2D eigenvalue weighted by Gasteiger charge is 2.38. The van der Waals surface area contributed by atoms with Gasteiger partial charge < -0.3 is 5.32 Å². The van der Waals surface area contributed by atoms with Crippen molar-refractivity contribution in [2.24, 2.45) is 0 Å². The third-order valence-electron chi connectivity index (χ3n) is 3.65. The van der Waals surface area contributed by atoms with Gasteiger partial charge >= 0.3 is 0 Å². The van der Waals surface area contributed by atoms with Crippen LogP contribution in [0.1, 0.15) is 26.3 Å². The van der Waals surface area contributed by atoms with Gasteiger partial charge in [0.2, 0.25) is 5.91 Å². The van der Waals surface area contributed by atoms with Gasteiger partial charge in [0.15, 0.2) is 0 Å². The van der Waals surface area contributed by atoms with Crippen molar-refractivity contribution >= 4 is 17.7 Å². The Morgan fingerprint density at radius 2 is 1.71 bits per heavy atom. The van der Waals surface area contributed by atoms with E-state index in [1.807, 2.05) is 0 Å². The molecule has 2 aromatic rings. The monoisotopic (exact) mass is 330 g/mol. The number of benzene rings is 2. The van der Waals surface area contributed by atoms with E-state index in [2.05, 4.69) is 5.32 Å². The molecular formula is C17H12F2N2O3. The maximum Gasteiger partial charge on any atom is 0.265 e. The van der Waals surface area contributed by atoms with Crippen LogP contribution < -0.4 is 5.32 Å². The largest absolute Gasteiger partial charge is 0.350 e. The van der Waals surface area contributed by atoms with E-state index >= 15 is 0 Å². The minimum atomic E-state index is -0.829. The smallest absolute Gasteiger partial charge is 0.265 e. The highest BCUT2D eigenvalue weighted by Crippen LogP contribution is 2.24. The lowest BCUT2D eigenvalue weighted by atomic mass is 10.1. The molecule has 24 heavy (non-hydrogen) atoms. The van der Waals surface area contributed by atoms with Gasteiger partial charge in [0.1, 0.15) is 18.2 Å². The second-order valence-corrected chi connectivity index (χ2v) is 5.26. The SMILES string of the molecule is O=C(CN1C(=O)c2cccc(F)c2C1=O)NCc1ccc(F)cc1. The van der Waals surface area contributed by atoms with Crippen molar-refractivity contribution in [1.82, 2.24) is 10.2 Å². The number of fused-ring (bicyclic) bond motifs is 1. The van der Waals surface area contributed by atoms with Gasteiger partial charge in [0.25, 0.3) is 11.8 Å². The van der Waals surface area contributed by atoms with Crippen LogP contribution in [0.2, 0.25) is 0 Å². The lowest BCUT2D eigenvalue weighted by Crippen LogP contribution is -2.40. The van der Waals surface area contributed by atoms with E-state index in [0.29, 0.717) is 10.5 Å². The van der Waals surface area contributed by atoms with Gasteiger partial charge in [-0.05, 0) is 29.8 Å². The lowest BCUT2D eigenvalue weighted by molar-refractivity contribution is -0.121. The molecule has 0 saturated heterocycles. The van der Waals surface area contributed by atoms with Gasteiger partial charge in [0, 0.05) is 6.54 Å². The predicted octanol–water partition coefficient (Wildman–Crippen LogP) is 1.88. The third-order valence-corrected chi connectivity index (χ3v) is 3.65. The summed E-state index contributed by atoms with van der Waals surface area (Å²) in [6.45, 7) is -0.385. The van der Waals surface area contributed by atoms with Crippen molar-refractivity contribution in [2.45, 2.75) is 6.54 Å². The van der Waals surface area contributed by atoms with Crippen molar-refractivity contribution in [3.05, 3.63) is 70.8 Å². The zero-order valence-electron chi connectivity index (χ0n) is 12.4. The van der Waals surface area contributed by atoms with Crippen LogP contribution in [0.25, 0.3) is 0 Å². The fourth-order valence-corrected chi connectivity index (χ4v) is 2.44. The first-order valence-corrected chi connectivity index (χ1v) is 7.13. The Balaban J connectivity index is 1.65. The molecule has 0 fully saturated rings. The molecule has 7 heteroatoms. The first-order chi connectivity index (χ1) is 11.5. The molecule has 0 radical (unpaired) electrons. The summed E-state index contributed by atoms with van der Waals surface area (Å²) in [5, 5.41) is 2.53. The molecule has 0 aromatic heterocycles. The average Bonchev–Trinajstić information content (AvgIpc) is 2.80. The number of hydrogen-bond donors (Lipinski definition) is 1. The van der Waals surface area contributed by atoms with Crippen molar-refractivity contribution in [2.75, 3.05) is 6.54 Å². The summed E-state index contributed by atoms with van der Waals surface area (Å²) in [5.41, 5.74) is 0.304. The van der Waals surface area contributed by atoms with E-state index in [0.717, 1.165) is 6.07 Å². The summed E-state index contributed by atoms with van der Waals surface area (Å²) < 4.78 is 26.5. The Labute approximate surface area is 135 Å². The van der Waals surface area contributed by atoms with Gasteiger partial charge in [-0.25, -0.2) is 8.78 Å². The summed E-state index contributed by atoms with van der Waals surface area (Å²) in [4.78, 5) is 36.9. The molecule has 0 saturated carbocycles. The Hall–Kier alpha value is -3.09. The van der Waals surface area contributed by atoms with Crippen molar-refractivity contribution < 1.29 is 23.2 Å². The van der Waals surface area contributed by atoms with Gasteiger partial charge in [-0.15, -0.1) is 0 Å². The van der Waals surface area contributed by atoms with Crippen LogP contribution >= 0.6 is 0 Å². The number of nitrogens with zero attached hydrogens (tertiary/aromatic N) is 1. The maximum atomic E-state index is 13.7. The fraction of sp³-hybridized carbons (Fsp3) is 0.118. The zero-order chi connectivity index (χ0) is 17.3. The minimum absolute atomic E-state index is 0.0497. The highest BCUT2D eigenvalue weighted by atomic mass is 19.1. The van der Waals surface area contributed by atoms with E-state index in [9.17, 15) is 23.2 Å². The molecule has 0 aliphatic carbocycles. The van der Waals surface area contributed by atoms with E-state index in [4.69, 9.17) is 0 Å². The van der Waals surface area contributed by atoms with Crippen molar-refractivity contribution in [3.63, 3.8) is 0 Å². The molecule has 0 bridgehead atoms. The third kappa shape index (κ3) is 2.88. The van der Waals surface area contributed by atoms with Gasteiger partial charge in [-0.1, -0.05) is 18.2 Å². The molecule has 1 heterocycles. The topological polar surface area (TPSA) is 66.5 Å². The summed E-state index contributed by atoms with van der Waals surface area (Å²) >= 11 is 0. The molecule has 122 valence electrons. The first-order valence-electron chi connectivity index (χ1n) is 7.13. The number of carbonyl (C=O) groups excluding carboxylic acids is 3. The Bertz CT molecular complexity index is 834. The van der Waals surface area contributed by atoms with Gasteiger partial charge in [0.05, 0.1) is 11.1 Å². The van der Waals surface area contributed by atoms with Crippen LogP contribution in [-0.4, -0.2) is 29.2 Å². The number of nitrogens with one attached hydrogen (secondary N) is 1. The van der Waals surface area contributed by atoms with Crippen LogP contribution in [0.15, 0.2) is 42.5 Å². The van der Waals surface area contributed by atoms with E-state index < -0.39 is 35.9 Å². The molecular weight excluding hydrogens is 318 g/mol. The molecule has 1 aliphatic heterocycles. The van der Waals surface area contributed by atoms with Crippen LogP contribution in [0.5, 0.6) is 0 Å². The molecule has 3 amide bonds. The fourth-order valence-electron chi connectivity index (χ4n) is 2.44. The minimum Gasteiger partial charge on any atom is -0.350 e. The quantitative estimate of drug-likeness (QED) is 0.871. The number of imide groups is 1. The summed E-state index contributed by atoms with van der Waals surface area (Å²) in [6, 6.07) is 9.29. The lowest BCUT2D eigenvalue weighted by Gasteiger charge is -2.13. The van der Waals surface area contributed by atoms with Crippen molar-refractivity contribution in [1.29, 1.82) is 0 Å². The van der Waals surface area contributed by atoms with E-state index in [1.54, 1.807) is 0 Å². The summed E-state index contributed by atoms with van der Waals surface area (Å²) in [5.74, 6) is -3.29. The maximum absolute atomic E-state index is 13.7. The van der Waals surface area contributed by atoms with Crippen LogP contribution in [0, 0.1) is 11.6 Å². The molecule has 1 aliphatic rings. The molecule has 3 rings (SSSR count). The standard InChI is InChI=1S/C17H12F2N2O3/c18-11-6-4-10(5-7-11)8-20-14(22)9-21-16(23)12-2-1-3-13(19)15(12)17(21)24/h1-7H,8-9H2,(H,20,22). The van der Waals surface area contributed by atoms with E-state index in [1.165, 1.54) is 36.4 Å². The average molecular weight is 330 g/mol. The molecule has 0 unspecified atom stereocenters. The molecule has 0 atom stereocenters. The number of halogens is 2. The highest BCUT2D eigenvalue weighted by molar-refractivity contribution is 6.22. The number of hydrogen-bond acceptors (Lipinski definition) is 3. The normalized spacial score (nSPS) is 13.2. The Morgan fingerprint density at radius 3 is 2.38 bits per heavy atom. The Kier molecular flexibility index (Phi) is 4.07. The number of amides is 3.